The summed E-state index contributed by atoms with van der Waals surface area (Å²) >= 11 is 0. The van der Waals surface area contributed by atoms with Crippen molar-refractivity contribution in [1.29, 1.82) is 0 Å². The molecule has 1 unspecified atom stereocenters. The van der Waals surface area contributed by atoms with Crippen LogP contribution in [0.4, 0.5) is 5.95 Å². The van der Waals surface area contributed by atoms with Gasteiger partial charge in [-0.25, -0.2) is 4.98 Å². The molecule has 1 aliphatic rings. The highest BCUT2D eigenvalue weighted by molar-refractivity contribution is 5.78. The van der Waals surface area contributed by atoms with Gasteiger partial charge in [0.15, 0.2) is 5.65 Å². The summed E-state index contributed by atoms with van der Waals surface area (Å²) in [5.74, 6) is 0.606. The molecule has 0 saturated carbocycles. The first-order chi connectivity index (χ1) is 9.61. The van der Waals surface area contributed by atoms with Gasteiger partial charge in [0.1, 0.15) is 5.52 Å². The van der Waals surface area contributed by atoms with E-state index in [2.05, 4.69) is 33.4 Å². The lowest BCUT2D eigenvalue weighted by atomic mass is 10.3. The Kier molecular flexibility index (Phi) is 3.41. The van der Waals surface area contributed by atoms with Crippen molar-refractivity contribution >= 4 is 17.1 Å². The summed E-state index contributed by atoms with van der Waals surface area (Å²) in [6.07, 6.45) is 3.51. The highest BCUT2D eigenvalue weighted by Gasteiger charge is 2.22. The van der Waals surface area contributed by atoms with Crippen LogP contribution in [0.5, 0.6) is 0 Å². The monoisotopic (exact) mass is 276 g/mol. The van der Waals surface area contributed by atoms with Crippen LogP contribution in [-0.4, -0.2) is 43.9 Å². The van der Waals surface area contributed by atoms with Crippen molar-refractivity contribution in [2.75, 3.05) is 25.4 Å². The lowest BCUT2D eigenvalue weighted by Gasteiger charge is -2.22. The predicted molar refractivity (Wildman–Crippen MR) is 80.7 cm³/mol. The average Bonchev–Trinajstić information content (AvgIpc) is 3.08. The number of likely N-dealkylation sites (tertiary alicyclic amines) is 1. The van der Waals surface area contributed by atoms with Gasteiger partial charge in [-0.15, -0.1) is 0 Å². The molecule has 2 aromatic heterocycles. The first-order valence-electron chi connectivity index (χ1n) is 7.53. The Labute approximate surface area is 119 Å². The molecule has 0 spiro atoms. The standard InChI is InChI=1S/C14H24N6/c1-4-11-12-13(18(3)17-11)20(14(15)16-12)10(2)9-19-7-5-6-8-19/h10H,4-9H2,1-3H3,(H2,15,16). The third-order valence-electron chi connectivity index (χ3n) is 4.26. The van der Waals surface area contributed by atoms with Crippen molar-refractivity contribution in [2.24, 2.45) is 7.05 Å². The maximum absolute atomic E-state index is 6.16. The number of hydrogen-bond acceptors (Lipinski definition) is 4. The lowest BCUT2D eigenvalue weighted by molar-refractivity contribution is 0.290. The van der Waals surface area contributed by atoms with Crippen LogP contribution >= 0.6 is 0 Å². The molecule has 1 atom stereocenters. The highest BCUT2D eigenvalue weighted by Crippen LogP contribution is 2.26. The smallest absolute Gasteiger partial charge is 0.202 e. The first kappa shape index (κ1) is 13.4. The molecule has 3 rings (SSSR count). The summed E-state index contributed by atoms with van der Waals surface area (Å²) in [6.45, 7) is 7.75. The molecule has 2 N–H and O–H groups in total. The molecule has 0 aromatic carbocycles. The Bertz CT molecular complexity index is 605. The molecule has 1 saturated heterocycles. The Morgan fingerprint density at radius 1 is 1.30 bits per heavy atom. The van der Waals surface area contributed by atoms with Crippen LogP contribution in [0.25, 0.3) is 11.2 Å². The molecular formula is C14H24N6. The van der Waals surface area contributed by atoms with E-state index in [0.717, 1.165) is 29.8 Å². The van der Waals surface area contributed by atoms with E-state index in [9.17, 15) is 0 Å². The fraction of sp³-hybridized carbons (Fsp3) is 0.714. The topological polar surface area (TPSA) is 64.9 Å². The molecule has 20 heavy (non-hydrogen) atoms. The zero-order valence-corrected chi connectivity index (χ0v) is 12.6. The second-order valence-electron chi connectivity index (χ2n) is 5.79. The molecule has 3 heterocycles. The van der Waals surface area contributed by atoms with Gasteiger partial charge >= 0.3 is 0 Å². The van der Waals surface area contributed by atoms with Crippen molar-refractivity contribution in [1.82, 2.24) is 24.2 Å². The number of imidazole rings is 1. The zero-order chi connectivity index (χ0) is 14.3. The largest absolute Gasteiger partial charge is 0.369 e. The molecular weight excluding hydrogens is 252 g/mol. The second-order valence-corrected chi connectivity index (χ2v) is 5.79. The zero-order valence-electron chi connectivity index (χ0n) is 12.6. The number of rotatable bonds is 4. The van der Waals surface area contributed by atoms with Crippen molar-refractivity contribution < 1.29 is 0 Å². The minimum atomic E-state index is 0.318. The van der Waals surface area contributed by atoms with E-state index < -0.39 is 0 Å². The third kappa shape index (κ3) is 2.08. The molecule has 2 aromatic rings. The van der Waals surface area contributed by atoms with Gasteiger partial charge in [-0.3, -0.25) is 9.25 Å². The molecule has 110 valence electrons. The van der Waals surface area contributed by atoms with E-state index in [4.69, 9.17) is 5.73 Å². The fourth-order valence-electron chi connectivity index (χ4n) is 3.31. The van der Waals surface area contributed by atoms with E-state index in [0.29, 0.717) is 12.0 Å². The third-order valence-corrected chi connectivity index (χ3v) is 4.26. The van der Waals surface area contributed by atoms with Crippen LogP contribution < -0.4 is 5.73 Å². The quantitative estimate of drug-likeness (QED) is 0.920. The van der Waals surface area contributed by atoms with Gasteiger partial charge in [0.05, 0.1) is 5.69 Å². The summed E-state index contributed by atoms with van der Waals surface area (Å²) in [4.78, 5) is 7.05. The SMILES string of the molecule is CCc1nn(C)c2c1nc(N)n2C(C)CN1CCCC1. The first-order valence-corrected chi connectivity index (χ1v) is 7.53. The lowest BCUT2D eigenvalue weighted by Crippen LogP contribution is -2.28. The molecule has 0 amide bonds. The minimum Gasteiger partial charge on any atom is -0.369 e. The van der Waals surface area contributed by atoms with Crippen LogP contribution in [-0.2, 0) is 13.5 Å². The summed E-state index contributed by atoms with van der Waals surface area (Å²) in [5.41, 5.74) is 9.19. The summed E-state index contributed by atoms with van der Waals surface area (Å²) in [7, 11) is 1.97. The van der Waals surface area contributed by atoms with E-state index in [1.165, 1.54) is 25.9 Å². The van der Waals surface area contributed by atoms with E-state index >= 15 is 0 Å². The molecule has 0 bridgehead atoms. The van der Waals surface area contributed by atoms with Crippen LogP contribution in [0, 0.1) is 0 Å². The van der Waals surface area contributed by atoms with E-state index in [1.807, 2.05) is 11.7 Å². The van der Waals surface area contributed by atoms with Crippen molar-refractivity contribution in [3.63, 3.8) is 0 Å². The van der Waals surface area contributed by atoms with Gasteiger partial charge in [0, 0.05) is 19.6 Å². The van der Waals surface area contributed by atoms with Crippen molar-refractivity contribution in [2.45, 2.75) is 39.2 Å². The van der Waals surface area contributed by atoms with Crippen LogP contribution in [0.1, 0.15) is 38.4 Å². The van der Waals surface area contributed by atoms with Crippen molar-refractivity contribution in [3.05, 3.63) is 5.69 Å². The maximum Gasteiger partial charge on any atom is 0.202 e. The van der Waals surface area contributed by atoms with Gasteiger partial charge in [-0.1, -0.05) is 6.92 Å². The van der Waals surface area contributed by atoms with Gasteiger partial charge < -0.3 is 10.6 Å². The maximum atomic E-state index is 6.16. The number of nitrogen functional groups attached to an aromatic ring is 1. The Balaban J connectivity index is 1.97. The average molecular weight is 276 g/mol. The predicted octanol–water partition coefficient (Wildman–Crippen LogP) is 1.57. The molecule has 0 aliphatic carbocycles. The van der Waals surface area contributed by atoms with Crippen LogP contribution in [0.2, 0.25) is 0 Å². The molecule has 1 aliphatic heterocycles. The van der Waals surface area contributed by atoms with E-state index in [-0.39, 0.29) is 0 Å². The van der Waals surface area contributed by atoms with Crippen LogP contribution in [0.3, 0.4) is 0 Å². The number of hydrogen-bond donors (Lipinski definition) is 1. The number of aromatic nitrogens is 4. The number of anilines is 1. The number of fused-ring (bicyclic) bond motifs is 1. The Hall–Kier alpha value is -1.56. The van der Waals surface area contributed by atoms with Gasteiger partial charge in [0.2, 0.25) is 5.95 Å². The second kappa shape index (κ2) is 5.09. The molecule has 1 fully saturated rings. The fourth-order valence-corrected chi connectivity index (χ4v) is 3.31. The number of nitrogens with zero attached hydrogens (tertiary/aromatic N) is 5. The minimum absolute atomic E-state index is 0.318. The van der Waals surface area contributed by atoms with E-state index in [1.54, 1.807) is 0 Å². The Morgan fingerprint density at radius 3 is 2.65 bits per heavy atom. The van der Waals surface area contributed by atoms with Gasteiger partial charge in [-0.05, 0) is 39.3 Å². The number of aryl methyl sites for hydroxylation is 2. The summed E-state index contributed by atoms with van der Waals surface area (Å²) < 4.78 is 4.05. The normalized spacial score (nSPS) is 18.1. The molecule has 6 heteroatoms. The Morgan fingerprint density at radius 2 is 2.00 bits per heavy atom. The summed E-state index contributed by atoms with van der Waals surface area (Å²) in [6, 6.07) is 0.318. The van der Waals surface area contributed by atoms with Gasteiger partial charge in [0.25, 0.3) is 0 Å². The molecule has 0 radical (unpaired) electrons. The van der Waals surface area contributed by atoms with Gasteiger partial charge in [-0.2, -0.15) is 5.10 Å². The molecule has 6 nitrogen and oxygen atoms in total. The van der Waals surface area contributed by atoms with Crippen molar-refractivity contribution in [3.8, 4) is 0 Å². The van der Waals surface area contributed by atoms with Crippen LogP contribution in [0.15, 0.2) is 0 Å². The highest BCUT2D eigenvalue weighted by atomic mass is 15.4. The summed E-state index contributed by atoms with van der Waals surface area (Å²) in [5, 5.41) is 4.55. The number of nitrogens with two attached hydrogens (primary N) is 1.